The average molecular weight is 242 g/mol. The molecule has 1 aromatic rings. The monoisotopic (exact) mass is 240 g/mol. The molecule has 0 saturated heterocycles. The molecule has 0 spiro atoms. The molecule has 14 heavy (non-hydrogen) atoms. The number of aryl methyl sites for hydroxylation is 2. The molecule has 0 nitrogen and oxygen atoms in total. The van der Waals surface area contributed by atoms with Gasteiger partial charge in [0.15, 0.2) is 0 Å². The van der Waals surface area contributed by atoms with Crippen LogP contribution in [0, 0.1) is 6.92 Å². The standard InChI is InChI=1S/C9H11.C4H9.Zn/c1-3-9-6-4-8(2)5-7-9;1-3-4-2;/h4-7H,1,3H2,2H3;1,3-4H2,2H3;. The van der Waals surface area contributed by atoms with Gasteiger partial charge < -0.3 is 0 Å². The molecule has 0 radical (unpaired) electrons. The van der Waals surface area contributed by atoms with Crippen LogP contribution in [0.5, 0.6) is 0 Å². The van der Waals surface area contributed by atoms with E-state index in [0.717, 1.165) is 0 Å². The molecule has 0 bridgehead atoms. The molecule has 74 valence electrons. The first-order valence-electron chi connectivity index (χ1n) is 5.88. The van der Waals surface area contributed by atoms with Crippen LogP contribution in [-0.4, -0.2) is 0 Å². The Kier molecular flexibility index (Phi) is 6.11. The zero-order valence-corrected chi connectivity index (χ0v) is 12.5. The summed E-state index contributed by atoms with van der Waals surface area (Å²) in [5.74, 6) is 0. The summed E-state index contributed by atoms with van der Waals surface area (Å²) in [7, 11) is 0. The van der Waals surface area contributed by atoms with Gasteiger partial charge in [0.25, 0.3) is 0 Å². The molecule has 0 aliphatic carbocycles. The topological polar surface area (TPSA) is 0 Å². The Morgan fingerprint density at radius 2 is 1.79 bits per heavy atom. The Balaban J connectivity index is 2.15. The van der Waals surface area contributed by atoms with Crippen molar-refractivity contribution in [2.45, 2.75) is 43.1 Å². The zero-order valence-electron chi connectivity index (χ0n) is 9.55. The van der Waals surface area contributed by atoms with Crippen molar-refractivity contribution >= 4 is 0 Å². The van der Waals surface area contributed by atoms with Gasteiger partial charge in [0.05, 0.1) is 0 Å². The van der Waals surface area contributed by atoms with Gasteiger partial charge in [-0.2, -0.15) is 0 Å². The van der Waals surface area contributed by atoms with Gasteiger partial charge in [-0.25, -0.2) is 0 Å². The van der Waals surface area contributed by atoms with E-state index in [1.165, 1.54) is 35.4 Å². The molecule has 0 fully saturated rings. The van der Waals surface area contributed by atoms with E-state index < -0.39 is 0 Å². The fourth-order valence-corrected chi connectivity index (χ4v) is 5.60. The average Bonchev–Trinajstić information content (AvgIpc) is 2.21. The molecule has 0 saturated carbocycles. The van der Waals surface area contributed by atoms with Gasteiger partial charge in [0.2, 0.25) is 0 Å². The SMILES string of the molecule is CCC[CH2][Zn][CH2]Cc1ccc(C)cc1. The molecular formula is C13H20Zn. The van der Waals surface area contributed by atoms with E-state index in [1.807, 2.05) is 0 Å². The van der Waals surface area contributed by atoms with Crippen LogP contribution in [0.2, 0.25) is 10.0 Å². The predicted octanol–water partition coefficient (Wildman–Crippen LogP) is 4.26. The van der Waals surface area contributed by atoms with E-state index in [1.54, 1.807) is 5.02 Å². The maximum absolute atomic E-state index is 2.29. The Morgan fingerprint density at radius 1 is 1.07 bits per heavy atom. The first-order chi connectivity index (χ1) is 6.83. The Labute approximate surface area is 95.7 Å². The van der Waals surface area contributed by atoms with Crippen LogP contribution < -0.4 is 0 Å². The minimum absolute atomic E-state index is 0.154. The summed E-state index contributed by atoms with van der Waals surface area (Å²) in [4.78, 5) is 0. The number of hydrogen-bond donors (Lipinski definition) is 0. The summed E-state index contributed by atoms with van der Waals surface area (Å²) < 4.78 is 0. The molecule has 0 N–H and O–H groups in total. The second-order valence-electron chi connectivity index (χ2n) is 4.15. The molecule has 0 atom stereocenters. The molecule has 1 aromatic carbocycles. The third-order valence-corrected chi connectivity index (χ3v) is 6.58. The van der Waals surface area contributed by atoms with Crippen LogP contribution in [0.1, 0.15) is 30.9 Å². The van der Waals surface area contributed by atoms with Crippen molar-refractivity contribution in [3.63, 3.8) is 0 Å². The van der Waals surface area contributed by atoms with Crippen molar-refractivity contribution in [3.8, 4) is 0 Å². The fraction of sp³-hybridized carbons (Fsp3) is 0.538. The van der Waals surface area contributed by atoms with E-state index in [-0.39, 0.29) is 17.1 Å². The summed E-state index contributed by atoms with van der Waals surface area (Å²) in [6, 6.07) is 9.04. The van der Waals surface area contributed by atoms with Crippen molar-refractivity contribution in [1.82, 2.24) is 0 Å². The van der Waals surface area contributed by atoms with Crippen LogP contribution in [0.4, 0.5) is 0 Å². The van der Waals surface area contributed by atoms with Gasteiger partial charge in [-0.3, -0.25) is 0 Å². The first kappa shape index (κ1) is 11.9. The van der Waals surface area contributed by atoms with Gasteiger partial charge >= 0.3 is 95.7 Å². The third kappa shape index (κ3) is 4.91. The van der Waals surface area contributed by atoms with Crippen molar-refractivity contribution in [2.75, 3.05) is 0 Å². The van der Waals surface area contributed by atoms with Crippen LogP contribution in [-0.2, 0) is 23.5 Å². The van der Waals surface area contributed by atoms with Crippen molar-refractivity contribution in [2.24, 2.45) is 0 Å². The molecule has 0 aliphatic rings. The van der Waals surface area contributed by atoms with E-state index in [9.17, 15) is 0 Å². The van der Waals surface area contributed by atoms with Crippen LogP contribution in [0.25, 0.3) is 0 Å². The van der Waals surface area contributed by atoms with Gasteiger partial charge in [-0.1, -0.05) is 0 Å². The van der Waals surface area contributed by atoms with E-state index in [2.05, 4.69) is 38.1 Å². The van der Waals surface area contributed by atoms with Gasteiger partial charge in [-0.05, 0) is 0 Å². The summed E-state index contributed by atoms with van der Waals surface area (Å²) in [6.45, 7) is 4.45. The van der Waals surface area contributed by atoms with Crippen LogP contribution in [0.15, 0.2) is 24.3 Å². The Morgan fingerprint density at radius 3 is 2.43 bits per heavy atom. The molecule has 0 amide bonds. The number of hydrogen-bond acceptors (Lipinski definition) is 0. The number of benzene rings is 1. The summed E-state index contributed by atoms with van der Waals surface area (Å²) in [6.07, 6.45) is 4.20. The Bertz CT molecular complexity index is 238. The van der Waals surface area contributed by atoms with Gasteiger partial charge in [-0.15, -0.1) is 0 Å². The quantitative estimate of drug-likeness (QED) is 0.516. The van der Waals surface area contributed by atoms with Gasteiger partial charge in [0.1, 0.15) is 0 Å². The predicted molar refractivity (Wildman–Crippen MR) is 59.4 cm³/mol. The normalized spacial score (nSPS) is 9.86. The van der Waals surface area contributed by atoms with Crippen LogP contribution >= 0.6 is 0 Å². The van der Waals surface area contributed by atoms with Crippen LogP contribution in [0.3, 0.4) is 0 Å². The molecular weight excluding hydrogens is 222 g/mol. The molecule has 0 unspecified atom stereocenters. The molecule has 0 aliphatic heterocycles. The summed E-state index contributed by atoms with van der Waals surface area (Å²) in [5, 5.41) is 3.13. The van der Waals surface area contributed by atoms with E-state index in [0.29, 0.717) is 0 Å². The van der Waals surface area contributed by atoms with Gasteiger partial charge in [0, 0.05) is 0 Å². The second kappa shape index (κ2) is 7.18. The van der Waals surface area contributed by atoms with Crippen molar-refractivity contribution in [1.29, 1.82) is 0 Å². The second-order valence-corrected chi connectivity index (χ2v) is 8.60. The van der Waals surface area contributed by atoms with E-state index >= 15 is 0 Å². The summed E-state index contributed by atoms with van der Waals surface area (Å²) >= 11 is -0.154. The molecule has 0 aromatic heterocycles. The minimum atomic E-state index is -0.154. The maximum atomic E-state index is 2.29. The number of unbranched alkanes of at least 4 members (excludes halogenated alkanes) is 1. The molecule has 1 rings (SSSR count). The fourth-order valence-electron chi connectivity index (χ4n) is 1.69. The van der Waals surface area contributed by atoms with Crippen molar-refractivity contribution in [3.05, 3.63) is 35.4 Å². The third-order valence-electron chi connectivity index (χ3n) is 2.69. The Hall–Kier alpha value is -0.157. The number of rotatable bonds is 6. The summed E-state index contributed by atoms with van der Waals surface area (Å²) in [5.41, 5.74) is 2.92. The molecule has 1 heteroatoms. The van der Waals surface area contributed by atoms with E-state index in [4.69, 9.17) is 0 Å². The molecule has 0 heterocycles. The van der Waals surface area contributed by atoms with Crippen molar-refractivity contribution < 1.29 is 17.1 Å². The first-order valence-corrected chi connectivity index (χ1v) is 10.1. The zero-order chi connectivity index (χ0) is 10.2.